The van der Waals surface area contributed by atoms with Crippen LogP contribution in [0.5, 0.6) is 0 Å². The zero-order valence-corrected chi connectivity index (χ0v) is 30.6. The summed E-state index contributed by atoms with van der Waals surface area (Å²) < 4.78 is 12.6. The molecule has 0 saturated heterocycles. The predicted molar refractivity (Wildman–Crippen MR) is 193 cm³/mol. The first-order valence-corrected chi connectivity index (χ1v) is 14.0. The molecule has 0 atom stereocenters. The number of carbonyl (C=O) groups is 5. The molecule has 0 saturated carbocycles. The van der Waals surface area contributed by atoms with E-state index in [0.717, 1.165) is 12.3 Å². The normalized spacial score (nSPS) is 7.33. The minimum Gasteiger partial charge on any atom is -0.466 e. The van der Waals surface area contributed by atoms with Gasteiger partial charge in [0.15, 0.2) is 0 Å². The lowest BCUT2D eigenvalue weighted by atomic mass is 10.2. The van der Waals surface area contributed by atoms with Crippen LogP contribution in [-0.4, -0.2) is 81.9 Å². The number of hydrogen-bond donors (Lipinski definition) is 0. The molecule has 10 nitrogen and oxygen atoms in total. The first-order chi connectivity index (χ1) is 21.4. The molecule has 0 fully saturated rings. The summed E-state index contributed by atoms with van der Waals surface area (Å²) in [5, 5.41) is 0. The summed E-state index contributed by atoms with van der Waals surface area (Å²) >= 11 is 0. The Hall–Kier alpha value is -4.99. The maximum atomic E-state index is 10.7. The van der Waals surface area contributed by atoms with E-state index < -0.39 is 5.97 Å². The Morgan fingerprint density at radius 2 is 1.11 bits per heavy atom. The van der Waals surface area contributed by atoms with Gasteiger partial charge in [-0.1, -0.05) is 104 Å². The number of carbonyl (C=O) groups excluding carboxylic acids is 5. The lowest BCUT2D eigenvalue weighted by Crippen LogP contribution is -2.21. The van der Waals surface area contributed by atoms with Crippen LogP contribution in [0.25, 0.3) is 6.08 Å². The Bertz CT molecular complexity index is 1010. The van der Waals surface area contributed by atoms with Gasteiger partial charge in [-0.15, -0.1) is 0 Å². The summed E-state index contributed by atoms with van der Waals surface area (Å²) in [5.41, 5.74) is 2.19. The molecule has 0 aromatic heterocycles. The van der Waals surface area contributed by atoms with Crippen molar-refractivity contribution in [1.82, 2.24) is 9.80 Å². The van der Waals surface area contributed by atoms with E-state index in [-0.39, 0.29) is 23.8 Å². The number of benzene rings is 1. The highest BCUT2D eigenvalue weighted by molar-refractivity contribution is 5.91. The number of nitrogens with zero attached hydrogens (tertiary/aromatic N) is 2. The molecule has 1 aromatic rings. The molecule has 0 bridgehead atoms. The SMILES string of the molecule is C=C(C)C(=O)N(C)C.C=C(C)C(=O)OC.C=CC(=O)N(C)C.C=CC(=O)OC.C=COC(C)=O.C=Cc1ccccc1.CC.CC. The highest BCUT2D eigenvalue weighted by atomic mass is 16.5. The van der Waals surface area contributed by atoms with Gasteiger partial charge in [0.05, 0.1) is 20.5 Å². The Labute approximate surface area is 279 Å². The van der Waals surface area contributed by atoms with Gasteiger partial charge < -0.3 is 24.0 Å². The molecule has 0 heterocycles. The minimum atomic E-state index is -0.394. The van der Waals surface area contributed by atoms with Crippen LogP contribution < -0.4 is 0 Å². The minimum absolute atomic E-state index is 0.00926. The second-order valence-corrected chi connectivity index (χ2v) is 7.81. The summed E-state index contributed by atoms with van der Waals surface area (Å²) in [6.07, 6.45) is 5.32. The van der Waals surface area contributed by atoms with Crippen LogP contribution >= 0.6 is 0 Å². The maximum Gasteiger partial charge on any atom is 0.332 e. The van der Waals surface area contributed by atoms with E-state index in [9.17, 15) is 24.0 Å². The zero-order valence-electron chi connectivity index (χ0n) is 30.6. The van der Waals surface area contributed by atoms with Gasteiger partial charge in [-0.2, -0.15) is 0 Å². The van der Waals surface area contributed by atoms with Crippen molar-refractivity contribution in [2.45, 2.75) is 48.5 Å². The third-order valence-corrected chi connectivity index (χ3v) is 3.57. The molecular formula is C36H60N2O8. The first-order valence-electron chi connectivity index (χ1n) is 14.0. The van der Waals surface area contributed by atoms with Gasteiger partial charge in [-0.3, -0.25) is 14.4 Å². The monoisotopic (exact) mass is 648 g/mol. The van der Waals surface area contributed by atoms with E-state index in [1.165, 1.54) is 42.6 Å². The van der Waals surface area contributed by atoms with Crippen LogP contribution in [0.2, 0.25) is 0 Å². The van der Waals surface area contributed by atoms with Crippen molar-refractivity contribution in [3.05, 3.63) is 105 Å². The fraction of sp³-hybridized carbons (Fsp3) is 0.361. The molecule has 10 heteroatoms. The Balaban J connectivity index is -0.0000000778. The molecule has 1 aromatic carbocycles. The fourth-order valence-electron chi connectivity index (χ4n) is 1.53. The van der Waals surface area contributed by atoms with E-state index in [0.29, 0.717) is 11.1 Å². The van der Waals surface area contributed by atoms with Gasteiger partial charge in [0.25, 0.3) is 0 Å². The number of ether oxygens (including phenoxy) is 3. The van der Waals surface area contributed by atoms with Gasteiger partial charge in [0.2, 0.25) is 11.8 Å². The van der Waals surface area contributed by atoms with Crippen LogP contribution in [-0.2, 0) is 38.2 Å². The van der Waals surface area contributed by atoms with Gasteiger partial charge in [0, 0.05) is 52.3 Å². The average Bonchev–Trinajstić information content (AvgIpc) is 3.06. The summed E-state index contributed by atoms with van der Waals surface area (Å²) in [6, 6.07) is 10.0. The lowest BCUT2D eigenvalue weighted by molar-refractivity contribution is -0.136. The Morgan fingerprint density at radius 3 is 1.17 bits per heavy atom. The third kappa shape index (κ3) is 55.0. The largest absolute Gasteiger partial charge is 0.466 e. The van der Waals surface area contributed by atoms with Gasteiger partial charge in [-0.05, 0) is 25.5 Å². The number of methoxy groups -OCH3 is 2. The van der Waals surface area contributed by atoms with Crippen molar-refractivity contribution in [2.24, 2.45) is 0 Å². The van der Waals surface area contributed by atoms with Gasteiger partial charge >= 0.3 is 17.9 Å². The molecule has 0 unspecified atom stereocenters. The van der Waals surface area contributed by atoms with Crippen molar-refractivity contribution < 1.29 is 38.2 Å². The second-order valence-electron chi connectivity index (χ2n) is 7.81. The highest BCUT2D eigenvalue weighted by Gasteiger charge is 2.01. The molecular weight excluding hydrogens is 588 g/mol. The Morgan fingerprint density at radius 1 is 0.674 bits per heavy atom. The van der Waals surface area contributed by atoms with Gasteiger partial charge in [-0.25, -0.2) is 9.59 Å². The smallest absolute Gasteiger partial charge is 0.332 e. The predicted octanol–water partition coefficient (Wildman–Crippen LogP) is 7.07. The number of esters is 3. The van der Waals surface area contributed by atoms with Crippen molar-refractivity contribution >= 4 is 35.8 Å². The van der Waals surface area contributed by atoms with Crippen LogP contribution in [0.15, 0.2) is 99.4 Å². The average molecular weight is 649 g/mol. The molecule has 0 aliphatic rings. The number of likely N-dealkylation sites (N-methyl/N-ethyl adjacent to an activating group) is 2. The third-order valence-electron chi connectivity index (χ3n) is 3.57. The molecule has 0 aliphatic heterocycles. The fourth-order valence-corrected chi connectivity index (χ4v) is 1.53. The molecule has 0 spiro atoms. The van der Waals surface area contributed by atoms with Gasteiger partial charge in [0.1, 0.15) is 0 Å². The number of amides is 2. The molecule has 0 N–H and O–H groups in total. The molecule has 2 amide bonds. The summed E-state index contributed by atoms with van der Waals surface area (Å²) in [5.74, 6) is -1.13. The standard InChI is InChI=1S/C8H8.C6H11NO.C5H9NO.C5H8O2.2C4H6O2.2C2H6/c1-2-8-6-4-3-5-7-8;1-5(2)6(8)7(3)4;1-4-5(7)6(2)3;1-4(2)5(6)7-3;1-3-4(5)6-2;1-3-6-4(2)5;2*1-2/h2-7H,1H2;1H2,2-4H3;4H,1H2,2-3H3;1H2,2-3H3;2*3H,1H2,2H3;2*1-2H3. The second kappa shape index (κ2) is 44.5. The first kappa shape index (κ1) is 56.8. The maximum absolute atomic E-state index is 10.7. The van der Waals surface area contributed by atoms with Crippen LogP contribution in [0, 0.1) is 0 Å². The molecule has 0 radical (unpaired) electrons. The van der Waals surface area contributed by atoms with E-state index in [4.69, 9.17) is 0 Å². The molecule has 0 aliphatic carbocycles. The van der Waals surface area contributed by atoms with E-state index in [1.807, 2.05) is 64.1 Å². The molecule has 262 valence electrons. The Kier molecular flexibility index (Phi) is 54.8. The summed E-state index contributed by atoms with van der Waals surface area (Å²) in [4.78, 5) is 53.7. The van der Waals surface area contributed by atoms with Crippen molar-refractivity contribution in [3.63, 3.8) is 0 Å². The van der Waals surface area contributed by atoms with Crippen molar-refractivity contribution in [2.75, 3.05) is 42.4 Å². The van der Waals surface area contributed by atoms with Crippen molar-refractivity contribution in [3.8, 4) is 0 Å². The molecule has 1 rings (SSSR count). The molecule has 46 heavy (non-hydrogen) atoms. The van der Waals surface area contributed by atoms with Crippen molar-refractivity contribution in [1.29, 1.82) is 0 Å². The summed E-state index contributed by atoms with van der Waals surface area (Å²) in [7, 11) is 9.42. The van der Waals surface area contributed by atoms with Crippen LogP contribution in [0.3, 0.4) is 0 Å². The highest BCUT2D eigenvalue weighted by Crippen LogP contribution is 1.97. The summed E-state index contributed by atoms with van der Waals surface area (Å²) in [6.45, 7) is 32.7. The van der Waals surface area contributed by atoms with Crippen LogP contribution in [0.1, 0.15) is 54.0 Å². The van der Waals surface area contributed by atoms with E-state index in [1.54, 1.807) is 42.0 Å². The zero-order chi connectivity index (χ0) is 38.3. The number of rotatable bonds is 6. The quantitative estimate of drug-likeness (QED) is 0.139. The number of hydrogen-bond acceptors (Lipinski definition) is 8. The van der Waals surface area contributed by atoms with E-state index >= 15 is 0 Å². The van der Waals surface area contributed by atoms with E-state index in [2.05, 4.69) is 53.7 Å². The lowest BCUT2D eigenvalue weighted by Gasteiger charge is -2.07. The topological polar surface area (TPSA) is 120 Å². The van der Waals surface area contributed by atoms with Crippen LogP contribution in [0.4, 0.5) is 0 Å².